The number of non-ortho nitro benzene ring substituents is 1. The van der Waals surface area contributed by atoms with Crippen LogP contribution in [0.3, 0.4) is 0 Å². The fraction of sp³-hybridized carbons (Fsp3) is 0. The zero-order chi connectivity index (χ0) is 13.0. The maximum atomic E-state index is 10.5. The molecule has 2 aromatic carbocycles. The molecule has 0 aliphatic rings. The summed E-state index contributed by atoms with van der Waals surface area (Å²) in [6.45, 7) is 0. The molecule has 2 aromatic rings. The molecule has 0 amide bonds. The van der Waals surface area contributed by atoms with E-state index in [4.69, 9.17) is 5.11 Å². The zero-order valence-corrected chi connectivity index (χ0v) is 9.35. The molecule has 0 atom stereocenters. The van der Waals surface area contributed by atoms with E-state index in [0.717, 1.165) is 5.56 Å². The van der Waals surface area contributed by atoms with Gasteiger partial charge in [-0.15, -0.1) is 0 Å². The fourth-order valence-electron chi connectivity index (χ4n) is 1.37. The van der Waals surface area contributed by atoms with E-state index in [0.29, 0.717) is 5.69 Å². The van der Waals surface area contributed by atoms with Crippen molar-refractivity contribution in [2.24, 2.45) is 4.99 Å². The minimum atomic E-state index is -0.451. The van der Waals surface area contributed by atoms with Crippen molar-refractivity contribution < 1.29 is 10.0 Å². The summed E-state index contributed by atoms with van der Waals surface area (Å²) in [6, 6.07) is 12.6. The molecule has 18 heavy (non-hydrogen) atoms. The molecule has 0 fully saturated rings. The lowest BCUT2D eigenvalue weighted by atomic mass is 10.2. The highest BCUT2D eigenvalue weighted by atomic mass is 16.6. The smallest absolute Gasteiger partial charge is 0.269 e. The number of aliphatic imine (C=N–C) groups is 1. The van der Waals surface area contributed by atoms with Gasteiger partial charge < -0.3 is 5.11 Å². The minimum Gasteiger partial charge on any atom is -0.508 e. The van der Waals surface area contributed by atoms with Gasteiger partial charge in [0.1, 0.15) is 5.75 Å². The van der Waals surface area contributed by atoms with E-state index in [9.17, 15) is 10.1 Å². The van der Waals surface area contributed by atoms with E-state index in [1.54, 1.807) is 42.6 Å². The van der Waals surface area contributed by atoms with Crippen molar-refractivity contribution >= 4 is 17.6 Å². The second kappa shape index (κ2) is 5.09. The van der Waals surface area contributed by atoms with Crippen molar-refractivity contribution in [3.8, 4) is 5.75 Å². The summed E-state index contributed by atoms with van der Waals surface area (Å²) in [6.07, 6.45) is 1.63. The van der Waals surface area contributed by atoms with Gasteiger partial charge in [-0.1, -0.05) is 0 Å². The maximum Gasteiger partial charge on any atom is 0.269 e. The molecular weight excluding hydrogens is 232 g/mol. The van der Waals surface area contributed by atoms with Crippen molar-refractivity contribution in [1.82, 2.24) is 0 Å². The number of aromatic hydroxyl groups is 1. The third-order valence-electron chi connectivity index (χ3n) is 2.32. The predicted octanol–water partition coefficient (Wildman–Crippen LogP) is 3.05. The Balaban J connectivity index is 2.13. The Morgan fingerprint density at radius 3 is 2.22 bits per heavy atom. The molecule has 0 saturated heterocycles. The predicted molar refractivity (Wildman–Crippen MR) is 68.5 cm³/mol. The Morgan fingerprint density at radius 2 is 1.67 bits per heavy atom. The number of benzene rings is 2. The monoisotopic (exact) mass is 242 g/mol. The molecule has 0 aliphatic heterocycles. The van der Waals surface area contributed by atoms with Gasteiger partial charge in [-0.3, -0.25) is 15.1 Å². The second-order valence-electron chi connectivity index (χ2n) is 3.62. The second-order valence-corrected chi connectivity index (χ2v) is 3.62. The normalized spacial score (nSPS) is 10.7. The summed E-state index contributed by atoms with van der Waals surface area (Å²) in [5, 5.41) is 19.6. The van der Waals surface area contributed by atoms with Gasteiger partial charge in [-0.2, -0.15) is 0 Å². The van der Waals surface area contributed by atoms with Gasteiger partial charge in [0.15, 0.2) is 0 Å². The molecule has 0 heterocycles. The first-order valence-electron chi connectivity index (χ1n) is 5.23. The Kier molecular flexibility index (Phi) is 3.33. The highest BCUT2D eigenvalue weighted by Crippen LogP contribution is 2.18. The van der Waals surface area contributed by atoms with E-state index in [1.807, 2.05) is 0 Å². The van der Waals surface area contributed by atoms with Crippen molar-refractivity contribution in [1.29, 1.82) is 0 Å². The summed E-state index contributed by atoms with van der Waals surface area (Å²) in [5.74, 6) is 0.197. The van der Waals surface area contributed by atoms with Gasteiger partial charge in [0, 0.05) is 18.3 Å². The van der Waals surface area contributed by atoms with Crippen LogP contribution in [0, 0.1) is 10.1 Å². The van der Waals surface area contributed by atoms with Gasteiger partial charge >= 0.3 is 0 Å². The molecule has 0 saturated carbocycles. The number of nitro groups is 1. The number of rotatable bonds is 3. The Hall–Kier alpha value is -2.69. The minimum absolute atomic E-state index is 0.0404. The molecule has 0 aliphatic carbocycles. The quantitative estimate of drug-likeness (QED) is 0.510. The third-order valence-corrected chi connectivity index (χ3v) is 2.32. The van der Waals surface area contributed by atoms with Crippen LogP contribution in [0.2, 0.25) is 0 Å². The van der Waals surface area contributed by atoms with Crippen LogP contribution in [0.15, 0.2) is 53.5 Å². The zero-order valence-electron chi connectivity index (χ0n) is 9.35. The third kappa shape index (κ3) is 2.91. The number of hydrogen-bond acceptors (Lipinski definition) is 4. The molecule has 2 rings (SSSR count). The molecule has 0 unspecified atom stereocenters. The molecule has 0 spiro atoms. The first-order chi connectivity index (χ1) is 8.65. The van der Waals surface area contributed by atoms with Gasteiger partial charge in [0.05, 0.1) is 10.6 Å². The lowest BCUT2D eigenvalue weighted by Gasteiger charge is -1.95. The molecule has 5 nitrogen and oxygen atoms in total. The lowest BCUT2D eigenvalue weighted by molar-refractivity contribution is -0.384. The number of hydrogen-bond donors (Lipinski definition) is 1. The number of phenolic OH excluding ortho intramolecular Hbond substituents is 1. The van der Waals surface area contributed by atoms with Crippen molar-refractivity contribution in [3.05, 3.63) is 64.2 Å². The van der Waals surface area contributed by atoms with Crippen LogP contribution < -0.4 is 0 Å². The molecule has 5 heteroatoms. The van der Waals surface area contributed by atoms with Crippen LogP contribution in [0.25, 0.3) is 0 Å². The van der Waals surface area contributed by atoms with Crippen LogP contribution >= 0.6 is 0 Å². The molecule has 0 aromatic heterocycles. The fourth-order valence-corrected chi connectivity index (χ4v) is 1.37. The summed E-state index contributed by atoms with van der Waals surface area (Å²) in [4.78, 5) is 14.2. The summed E-state index contributed by atoms with van der Waals surface area (Å²) in [5.41, 5.74) is 1.51. The summed E-state index contributed by atoms with van der Waals surface area (Å²) in [7, 11) is 0. The van der Waals surface area contributed by atoms with E-state index in [2.05, 4.69) is 4.99 Å². The lowest BCUT2D eigenvalue weighted by Crippen LogP contribution is -1.85. The van der Waals surface area contributed by atoms with Crippen molar-refractivity contribution in [3.63, 3.8) is 0 Å². The van der Waals surface area contributed by atoms with Gasteiger partial charge in [-0.25, -0.2) is 0 Å². The average molecular weight is 242 g/mol. The van der Waals surface area contributed by atoms with Crippen molar-refractivity contribution in [2.45, 2.75) is 0 Å². The van der Waals surface area contributed by atoms with Gasteiger partial charge in [0.25, 0.3) is 5.69 Å². The highest BCUT2D eigenvalue weighted by Gasteiger charge is 2.02. The van der Waals surface area contributed by atoms with E-state index >= 15 is 0 Å². The van der Waals surface area contributed by atoms with Crippen LogP contribution in [0.1, 0.15) is 5.56 Å². The summed E-state index contributed by atoms with van der Waals surface area (Å²) >= 11 is 0. The molecule has 0 bridgehead atoms. The first-order valence-corrected chi connectivity index (χ1v) is 5.23. The van der Waals surface area contributed by atoms with Gasteiger partial charge in [-0.05, 0) is 42.0 Å². The van der Waals surface area contributed by atoms with Crippen molar-refractivity contribution in [2.75, 3.05) is 0 Å². The van der Waals surface area contributed by atoms with Crippen LogP contribution in [-0.4, -0.2) is 16.2 Å². The van der Waals surface area contributed by atoms with Crippen LogP contribution in [0.4, 0.5) is 11.4 Å². The highest BCUT2D eigenvalue weighted by molar-refractivity contribution is 5.82. The van der Waals surface area contributed by atoms with Gasteiger partial charge in [0.2, 0.25) is 0 Å². The average Bonchev–Trinajstić information content (AvgIpc) is 2.38. The standard InChI is InChI=1S/C13H10N2O3/c16-13-7-1-10(2-8-13)9-14-11-3-5-12(6-4-11)15(17)18/h1-9,16H. The first kappa shape index (κ1) is 11.8. The maximum absolute atomic E-state index is 10.5. The molecule has 90 valence electrons. The number of phenols is 1. The van der Waals surface area contributed by atoms with E-state index in [1.165, 1.54) is 12.1 Å². The molecular formula is C13H10N2O3. The topological polar surface area (TPSA) is 75.7 Å². The Bertz CT molecular complexity index is 574. The summed E-state index contributed by atoms with van der Waals surface area (Å²) < 4.78 is 0. The Morgan fingerprint density at radius 1 is 1.06 bits per heavy atom. The largest absolute Gasteiger partial charge is 0.508 e. The number of nitrogens with zero attached hydrogens (tertiary/aromatic N) is 2. The molecule has 0 radical (unpaired) electrons. The molecule has 1 N–H and O–H groups in total. The van der Waals surface area contributed by atoms with Crippen LogP contribution in [0.5, 0.6) is 5.75 Å². The van der Waals surface area contributed by atoms with Crippen LogP contribution in [-0.2, 0) is 0 Å². The number of nitro benzene ring substituents is 1. The Labute approximate surface area is 103 Å². The van der Waals surface area contributed by atoms with E-state index < -0.39 is 4.92 Å². The van der Waals surface area contributed by atoms with E-state index in [-0.39, 0.29) is 11.4 Å². The SMILES string of the molecule is O=[N+]([O-])c1ccc(N=Cc2ccc(O)cc2)cc1.